The van der Waals surface area contributed by atoms with Crippen molar-refractivity contribution < 1.29 is 17.6 Å². The molecular formula is C7H9F3N2OS. The van der Waals surface area contributed by atoms with Gasteiger partial charge < -0.3 is 10.2 Å². The van der Waals surface area contributed by atoms with E-state index in [1.54, 1.807) is 0 Å². The predicted molar refractivity (Wildman–Crippen MR) is 45.9 cm³/mol. The molecule has 0 aliphatic carbocycles. The first-order valence-electron chi connectivity index (χ1n) is 3.79. The lowest BCUT2D eigenvalue weighted by atomic mass is 10.2. The van der Waals surface area contributed by atoms with Crippen LogP contribution in [-0.2, 0) is 0 Å². The second-order valence-corrected chi connectivity index (χ2v) is 3.83. The highest BCUT2D eigenvalue weighted by Crippen LogP contribution is 2.35. The van der Waals surface area contributed by atoms with Crippen molar-refractivity contribution in [3.8, 4) is 0 Å². The Morgan fingerprint density at radius 1 is 1.57 bits per heavy atom. The molecule has 0 amide bonds. The van der Waals surface area contributed by atoms with Crippen LogP contribution < -0.4 is 5.73 Å². The van der Waals surface area contributed by atoms with E-state index in [1.807, 2.05) is 0 Å². The van der Waals surface area contributed by atoms with Crippen LogP contribution >= 0.6 is 11.8 Å². The number of hydrogen-bond acceptors (Lipinski definition) is 4. The van der Waals surface area contributed by atoms with E-state index in [2.05, 4.69) is 4.98 Å². The summed E-state index contributed by atoms with van der Waals surface area (Å²) in [6.45, 7) is 1.30. The molecule has 1 rings (SSSR count). The largest absolute Gasteiger partial charge is 0.440 e. The first-order chi connectivity index (χ1) is 6.41. The summed E-state index contributed by atoms with van der Waals surface area (Å²) in [5.41, 5.74) is 5.23. The van der Waals surface area contributed by atoms with Gasteiger partial charge in [0.25, 0.3) is 5.22 Å². The molecule has 0 aromatic carbocycles. The highest BCUT2D eigenvalue weighted by atomic mass is 32.2. The second-order valence-electron chi connectivity index (χ2n) is 2.74. The molecule has 1 aromatic rings. The van der Waals surface area contributed by atoms with Crippen LogP contribution in [0.3, 0.4) is 0 Å². The van der Waals surface area contributed by atoms with Crippen molar-refractivity contribution in [2.24, 2.45) is 5.73 Å². The molecule has 0 fully saturated rings. The Labute approximate surface area is 82.9 Å². The van der Waals surface area contributed by atoms with Crippen LogP contribution in [0.4, 0.5) is 13.2 Å². The maximum atomic E-state index is 12.4. The smallest absolute Gasteiger partial charge is 0.402 e. The Morgan fingerprint density at radius 2 is 2.21 bits per heavy atom. The zero-order chi connectivity index (χ0) is 10.8. The summed E-state index contributed by atoms with van der Waals surface area (Å²) in [6.07, 6.45) is -1.85. The summed E-state index contributed by atoms with van der Waals surface area (Å²) in [7, 11) is 0. The average molecular weight is 226 g/mol. The highest BCUT2D eigenvalue weighted by molar-refractivity contribution is 7.99. The van der Waals surface area contributed by atoms with Crippen molar-refractivity contribution in [2.45, 2.75) is 29.6 Å². The molecule has 2 atom stereocenters. The molecule has 14 heavy (non-hydrogen) atoms. The minimum Gasteiger partial charge on any atom is -0.440 e. The van der Waals surface area contributed by atoms with Gasteiger partial charge in [-0.1, -0.05) is 11.8 Å². The molecule has 1 aromatic heterocycles. The fourth-order valence-electron chi connectivity index (χ4n) is 0.849. The third-order valence-corrected chi connectivity index (χ3v) is 2.79. The van der Waals surface area contributed by atoms with E-state index in [9.17, 15) is 13.2 Å². The Hall–Kier alpha value is -0.690. The summed E-state index contributed by atoms with van der Waals surface area (Å²) in [5, 5.41) is -1.72. The number of thioether (sulfide) groups is 1. The third kappa shape index (κ3) is 2.91. The highest BCUT2D eigenvalue weighted by Gasteiger charge is 2.43. The van der Waals surface area contributed by atoms with Crippen LogP contribution in [0, 0.1) is 0 Å². The minimum atomic E-state index is -4.35. The van der Waals surface area contributed by atoms with Gasteiger partial charge in [0.15, 0.2) is 0 Å². The van der Waals surface area contributed by atoms with Crippen molar-refractivity contribution in [1.29, 1.82) is 0 Å². The SMILES string of the molecule is CC(N)C(Sc1ncco1)C(F)(F)F. The molecule has 0 bridgehead atoms. The Balaban J connectivity index is 2.71. The number of hydrogen-bond donors (Lipinski definition) is 1. The van der Waals surface area contributed by atoms with Crippen molar-refractivity contribution in [3.05, 3.63) is 12.5 Å². The molecule has 80 valence electrons. The molecule has 2 N–H and O–H groups in total. The molecule has 0 aliphatic heterocycles. The van der Waals surface area contributed by atoms with Gasteiger partial charge in [0.2, 0.25) is 0 Å². The lowest BCUT2D eigenvalue weighted by Gasteiger charge is -2.21. The van der Waals surface area contributed by atoms with Crippen molar-refractivity contribution in [3.63, 3.8) is 0 Å². The second kappa shape index (κ2) is 4.22. The van der Waals surface area contributed by atoms with Crippen molar-refractivity contribution in [1.82, 2.24) is 4.98 Å². The first kappa shape index (κ1) is 11.4. The third-order valence-electron chi connectivity index (χ3n) is 1.44. The van der Waals surface area contributed by atoms with Crippen LogP contribution in [0.1, 0.15) is 6.92 Å². The zero-order valence-corrected chi connectivity index (χ0v) is 8.10. The number of oxazole rings is 1. The van der Waals surface area contributed by atoms with Crippen molar-refractivity contribution >= 4 is 11.8 Å². The normalized spacial score (nSPS) is 16.6. The van der Waals surface area contributed by atoms with E-state index in [-0.39, 0.29) is 5.22 Å². The van der Waals surface area contributed by atoms with Crippen LogP contribution in [0.15, 0.2) is 22.1 Å². The standard InChI is InChI=1S/C7H9F3N2OS/c1-4(11)5(7(8,9)10)14-6-12-2-3-13-6/h2-5H,11H2,1H3. The van der Waals surface area contributed by atoms with Crippen LogP contribution in [0.5, 0.6) is 0 Å². The summed E-state index contributed by atoms with van der Waals surface area (Å²) >= 11 is 0.483. The van der Waals surface area contributed by atoms with E-state index in [0.717, 1.165) is 0 Å². The number of alkyl halides is 3. The molecule has 0 aliphatic rings. The first-order valence-corrected chi connectivity index (χ1v) is 4.67. The van der Waals surface area contributed by atoms with E-state index in [0.29, 0.717) is 11.8 Å². The number of nitrogens with two attached hydrogens (primary N) is 1. The van der Waals surface area contributed by atoms with Gasteiger partial charge >= 0.3 is 6.18 Å². The lowest BCUT2D eigenvalue weighted by molar-refractivity contribution is -0.131. The van der Waals surface area contributed by atoms with Crippen molar-refractivity contribution in [2.75, 3.05) is 0 Å². The van der Waals surface area contributed by atoms with Gasteiger partial charge in [-0.25, -0.2) is 4.98 Å². The van der Waals surface area contributed by atoms with Gasteiger partial charge in [0.05, 0.1) is 6.20 Å². The maximum absolute atomic E-state index is 12.4. The molecule has 7 heteroatoms. The number of nitrogens with zero attached hydrogens (tertiary/aromatic N) is 1. The molecule has 0 saturated heterocycles. The summed E-state index contributed by atoms with van der Waals surface area (Å²) in [5.74, 6) is 0. The minimum absolute atomic E-state index is 0.0235. The predicted octanol–water partition coefficient (Wildman–Crippen LogP) is 2.04. The number of rotatable bonds is 3. The molecule has 3 nitrogen and oxygen atoms in total. The molecular weight excluding hydrogens is 217 g/mol. The topological polar surface area (TPSA) is 52.0 Å². The van der Waals surface area contributed by atoms with E-state index in [1.165, 1.54) is 19.4 Å². The fourth-order valence-corrected chi connectivity index (χ4v) is 1.65. The van der Waals surface area contributed by atoms with E-state index < -0.39 is 17.5 Å². The van der Waals surface area contributed by atoms with Gasteiger partial charge in [-0.3, -0.25) is 0 Å². The van der Waals surface area contributed by atoms with Gasteiger partial charge in [-0.15, -0.1) is 0 Å². The summed E-state index contributed by atoms with van der Waals surface area (Å²) < 4.78 is 41.9. The fraction of sp³-hybridized carbons (Fsp3) is 0.571. The lowest BCUT2D eigenvalue weighted by Crippen LogP contribution is -2.40. The van der Waals surface area contributed by atoms with E-state index >= 15 is 0 Å². The molecule has 1 heterocycles. The van der Waals surface area contributed by atoms with Crippen LogP contribution in [-0.4, -0.2) is 22.5 Å². The summed E-state index contributed by atoms with van der Waals surface area (Å²) in [6, 6.07) is -1.01. The Bertz CT molecular complexity index is 273. The monoisotopic (exact) mass is 226 g/mol. The molecule has 0 saturated carbocycles. The van der Waals surface area contributed by atoms with Crippen LogP contribution in [0.2, 0.25) is 0 Å². The number of aromatic nitrogens is 1. The molecule has 2 unspecified atom stereocenters. The maximum Gasteiger partial charge on any atom is 0.402 e. The van der Waals surface area contributed by atoms with Gasteiger partial charge in [-0.2, -0.15) is 13.2 Å². The summed E-state index contributed by atoms with van der Waals surface area (Å²) in [4.78, 5) is 3.59. The van der Waals surface area contributed by atoms with E-state index in [4.69, 9.17) is 10.2 Å². The average Bonchev–Trinajstić information content (AvgIpc) is 2.48. The quantitative estimate of drug-likeness (QED) is 0.801. The van der Waals surface area contributed by atoms with Crippen LogP contribution in [0.25, 0.3) is 0 Å². The van der Waals surface area contributed by atoms with Gasteiger partial charge in [0.1, 0.15) is 11.5 Å². The van der Waals surface area contributed by atoms with Gasteiger partial charge in [-0.05, 0) is 6.92 Å². The van der Waals surface area contributed by atoms with Gasteiger partial charge in [0, 0.05) is 6.04 Å². The zero-order valence-electron chi connectivity index (χ0n) is 7.28. The molecule has 0 spiro atoms. The Kier molecular flexibility index (Phi) is 3.43. The Morgan fingerprint density at radius 3 is 2.57 bits per heavy atom. The molecule has 0 radical (unpaired) electrons. The number of halogens is 3.